The lowest BCUT2D eigenvalue weighted by molar-refractivity contribution is -0.161. The molecule has 0 aromatic heterocycles. The number of allylic oxidation sites excluding steroid dienone is 3. The van der Waals surface area contributed by atoms with Gasteiger partial charge in [0, 0.05) is 31.8 Å². The largest absolute Gasteiger partial charge is 0.495 e. The second kappa shape index (κ2) is 17.4. The normalized spacial score (nSPS) is 29.5. The van der Waals surface area contributed by atoms with Crippen LogP contribution in [-0.2, 0) is 35.0 Å². The van der Waals surface area contributed by atoms with Crippen LogP contribution in [0.3, 0.4) is 0 Å². The van der Waals surface area contributed by atoms with E-state index in [2.05, 4.69) is 23.3 Å². The van der Waals surface area contributed by atoms with E-state index in [0.29, 0.717) is 36.5 Å². The average molecular weight is 708 g/mol. The molecule has 2 fully saturated rings. The summed E-state index contributed by atoms with van der Waals surface area (Å²) < 4.78 is 23.3. The summed E-state index contributed by atoms with van der Waals surface area (Å²) in [5.41, 5.74) is 1.21. The third kappa shape index (κ3) is 9.69. The highest BCUT2D eigenvalue weighted by Crippen LogP contribution is 2.48. The Balaban J connectivity index is 0.00000307. The number of thiol groups is 1. The van der Waals surface area contributed by atoms with Crippen molar-refractivity contribution in [3.63, 3.8) is 0 Å². The van der Waals surface area contributed by atoms with Gasteiger partial charge in [0.25, 0.3) is 0 Å². The van der Waals surface area contributed by atoms with Crippen molar-refractivity contribution in [2.24, 2.45) is 5.92 Å². The molecule has 4 bridgehead atoms. The maximum atomic E-state index is 13.6. The summed E-state index contributed by atoms with van der Waals surface area (Å²) in [6.07, 6.45) is 5.14. The van der Waals surface area contributed by atoms with Crippen molar-refractivity contribution < 1.29 is 38.1 Å². The standard InChI is InChI=1S/C33H44ClN3O8S.C2H6/c1-18-9-7-8-10-22-16-24(43-32(41)35-22)19(2)30-33(4,45-30)26(44-31(40)20(3)37(5)28(39)11-12-46)17-27(38)36-23-14-21(13-18)15-25(42-6)29(23)34;1-2/h7-9,14-15,19-20,22,24,26,30,46H,10-13,16-17H2,1-6H3,(H,35,41)(H,36,38);1-2H3/b8-7+,18-9+;/t19-,20?,22?,24?,26?,30?,33?;/m1./s1. The summed E-state index contributed by atoms with van der Waals surface area (Å²) in [7, 11) is 3.02. The van der Waals surface area contributed by atoms with Gasteiger partial charge in [-0.1, -0.05) is 56.2 Å². The van der Waals surface area contributed by atoms with Crippen molar-refractivity contribution >= 4 is 53.8 Å². The average Bonchev–Trinajstić information content (AvgIpc) is 3.75. The number of hydrogen-bond acceptors (Lipinski definition) is 9. The van der Waals surface area contributed by atoms with Gasteiger partial charge in [-0.25, -0.2) is 9.59 Å². The highest BCUT2D eigenvalue weighted by atomic mass is 35.5. The molecule has 2 saturated heterocycles. The number of fused-ring (bicyclic) bond motifs is 5. The zero-order valence-electron chi connectivity index (χ0n) is 29.1. The van der Waals surface area contributed by atoms with Gasteiger partial charge in [-0.15, -0.1) is 0 Å². The molecular formula is C35H50ClN3O8S. The summed E-state index contributed by atoms with van der Waals surface area (Å²) in [5, 5.41) is 6.00. The number of anilines is 1. The molecule has 7 atom stereocenters. The van der Waals surface area contributed by atoms with E-state index < -0.39 is 47.9 Å². The molecule has 0 saturated carbocycles. The van der Waals surface area contributed by atoms with Crippen LogP contribution in [0, 0.1) is 5.92 Å². The number of nitrogens with zero attached hydrogens (tertiary/aromatic N) is 1. The van der Waals surface area contributed by atoms with Crippen LogP contribution in [0.1, 0.15) is 72.8 Å². The van der Waals surface area contributed by atoms with Crippen LogP contribution in [0.25, 0.3) is 0 Å². The Kier molecular flexibility index (Phi) is 14.3. The monoisotopic (exact) mass is 707 g/mol. The minimum atomic E-state index is -1.07. The molecule has 0 aliphatic carbocycles. The number of esters is 1. The maximum absolute atomic E-state index is 13.6. The SMILES string of the molecule is CC.COc1cc2cc(c1Cl)NC(=O)CC(OC(=O)C(C)N(C)C(=O)CCS)C1(C)OC1[C@H](C)C1CC(C/C=C/C=C(\C)C2)NC(=O)O1. The number of methoxy groups -OCH3 is 1. The zero-order chi connectivity index (χ0) is 35.8. The number of carbonyl (C=O) groups is 4. The fraction of sp³-hybridized carbons (Fsp3) is 0.600. The molecule has 0 spiro atoms. The van der Waals surface area contributed by atoms with Gasteiger partial charge >= 0.3 is 12.1 Å². The van der Waals surface area contributed by atoms with Crippen LogP contribution < -0.4 is 15.4 Å². The number of likely N-dealkylation sites (N-methyl/N-ethyl adjacent to an activating group) is 1. The Labute approximate surface area is 294 Å². The van der Waals surface area contributed by atoms with Crippen molar-refractivity contribution in [1.29, 1.82) is 0 Å². The molecular weight excluding hydrogens is 658 g/mol. The second-order valence-corrected chi connectivity index (χ2v) is 13.3. The molecule has 3 aliphatic rings. The fourth-order valence-corrected chi connectivity index (χ4v) is 6.42. The second-order valence-electron chi connectivity index (χ2n) is 12.4. The number of amides is 3. The number of halogens is 1. The number of carbonyl (C=O) groups excluding carboxylic acids is 4. The lowest BCUT2D eigenvalue weighted by Crippen LogP contribution is -2.49. The van der Waals surface area contributed by atoms with E-state index in [4.69, 9.17) is 30.5 Å². The molecule has 48 heavy (non-hydrogen) atoms. The number of rotatable bonds is 6. The minimum absolute atomic E-state index is 0.139. The molecule has 4 rings (SSSR count). The molecule has 266 valence electrons. The first-order valence-corrected chi connectivity index (χ1v) is 17.5. The summed E-state index contributed by atoms with van der Waals surface area (Å²) in [6.45, 7) is 11.3. The van der Waals surface area contributed by atoms with Crippen molar-refractivity contribution in [2.75, 3.05) is 25.2 Å². The van der Waals surface area contributed by atoms with E-state index >= 15 is 0 Å². The van der Waals surface area contributed by atoms with Gasteiger partial charge < -0.3 is 34.5 Å². The molecule has 6 unspecified atom stereocenters. The molecule has 0 radical (unpaired) electrons. The smallest absolute Gasteiger partial charge is 0.407 e. The molecule has 3 aliphatic heterocycles. The number of epoxide rings is 1. The van der Waals surface area contributed by atoms with Crippen molar-refractivity contribution in [3.05, 3.63) is 46.5 Å². The maximum Gasteiger partial charge on any atom is 0.407 e. The quantitative estimate of drug-likeness (QED) is 0.189. The van der Waals surface area contributed by atoms with Crippen LogP contribution in [0.2, 0.25) is 5.02 Å². The van der Waals surface area contributed by atoms with Gasteiger partial charge in [0.15, 0.2) is 0 Å². The van der Waals surface area contributed by atoms with Crippen LogP contribution in [0.4, 0.5) is 10.5 Å². The van der Waals surface area contributed by atoms with Crippen molar-refractivity contribution in [1.82, 2.24) is 10.2 Å². The minimum Gasteiger partial charge on any atom is -0.495 e. The van der Waals surface area contributed by atoms with Gasteiger partial charge in [-0.3, -0.25) is 9.59 Å². The molecule has 1 aromatic carbocycles. The Morgan fingerprint density at radius 1 is 1.25 bits per heavy atom. The Bertz CT molecular complexity index is 1400. The summed E-state index contributed by atoms with van der Waals surface area (Å²) in [5.74, 6) is -0.938. The predicted molar refractivity (Wildman–Crippen MR) is 189 cm³/mol. The number of alkyl carbamates (subject to hydrolysis) is 1. The first-order valence-electron chi connectivity index (χ1n) is 16.5. The number of ether oxygens (including phenoxy) is 4. The Morgan fingerprint density at radius 3 is 2.62 bits per heavy atom. The van der Waals surface area contributed by atoms with Gasteiger partial charge in [0.2, 0.25) is 11.8 Å². The van der Waals surface area contributed by atoms with Crippen molar-refractivity contribution in [2.45, 2.75) is 110 Å². The number of hydrogen-bond donors (Lipinski definition) is 3. The molecule has 13 heteroatoms. The third-order valence-electron chi connectivity index (χ3n) is 8.97. The zero-order valence-corrected chi connectivity index (χ0v) is 30.8. The summed E-state index contributed by atoms with van der Waals surface area (Å²) in [6, 6.07) is 2.55. The van der Waals surface area contributed by atoms with E-state index in [1.54, 1.807) is 19.9 Å². The first-order chi connectivity index (χ1) is 22.8. The van der Waals surface area contributed by atoms with E-state index in [-0.39, 0.29) is 35.7 Å². The van der Waals surface area contributed by atoms with E-state index in [0.717, 1.165) is 11.1 Å². The van der Waals surface area contributed by atoms with E-state index in [1.165, 1.54) is 19.1 Å². The lowest BCUT2D eigenvalue weighted by Gasteiger charge is -2.33. The third-order valence-corrected chi connectivity index (χ3v) is 9.59. The summed E-state index contributed by atoms with van der Waals surface area (Å²) >= 11 is 10.7. The lowest BCUT2D eigenvalue weighted by atomic mass is 9.85. The molecule has 3 heterocycles. The highest BCUT2D eigenvalue weighted by molar-refractivity contribution is 7.80. The molecule has 1 aromatic rings. The van der Waals surface area contributed by atoms with Gasteiger partial charge in [0.1, 0.15) is 34.6 Å². The molecule has 2 N–H and O–H groups in total. The highest BCUT2D eigenvalue weighted by Gasteiger charge is 2.63. The van der Waals surface area contributed by atoms with Gasteiger partial charge in [0.05, 0.1) is 25.3 Å². The Morgan fingerprint density at radius 2 is 1.96 bits per heavy atom. The van der Waals surface area contributed by atoms with Crippen LogP contribution in [0.15, 0.2) is 35.9 Å². The molecule has 3 amide bonds. The number of benzene rings is 1. The number of nitrogens with one attached hydrogen (secondary N) is 2. The van der Waals surface area contributed by atoms with E-state index in [1.807, 2.05) is 52.0 Å². The van der Waals surface area contributed by atoms with Gasteiger partial charge in [-0.05, 0) is 57.1 Å². The first kappa shape index (κ1) is 39.2. The topological polar surface area (TPSA) is 136 Å². The molecule has 11 nitrogen and oxygen atoms in total. The fourth-order valence-electron chi connectivity index (χ4n) is 5.99. The Hall–Kier alpha value is -3.22. The van der Waals surface area contributed by atoms with Gasteiger partial charge in [-0.2, -0.15) is 12.6 Å². The van der Waals surface area contributed by atoms with Crippen LogP contribution in [0.5, 0.6) is 5.75 Å². The summed E-state index contributed by atoms with van der Waals surface area (Å²) in [4.78, 5) is 53.3. The van der Waals surface area contributed by atoms with Crippen molar-refractivity contribution in [3.8, 4) is 5.75 Å². The predicted octanol–water partition coefficient (Wildman–Crippen LogP) is 5.89. The van der Waals surface area contributed by atoms with Crippen LogP contribution >= 0.6 is 24.2 Å². The van der Waals surface area contributed by atoms with Crippen LogP contribution in [-0.4, -0.2) is 84.7 Å². The van der Waals surface area contributed by atoms with E-state index in [9.17, 15) is 19.2 Å².